The average molecular weight is 371 g/mol. The van der Waals surface area contributed by atoms with E-state index in [0.29, 0.717) is 11.4 Å². The van der Waals surface area contributed by atoms with Gasteiger partial charge in [-0.3, -0.25) is 8.89 Å². The van der Waals surface area contributed by atoms with Crippen LogP contribution in [0.1, 0.15) is 28.7 Å². The van der Waals surface area contributed by atoms with Gasteiger partial charge in [0.05, 0.1) is 42.9 Å². The summed E-state index contributed by atoms with van der Waals surface area (Å²) in [6.45, 7) is 4.49. The second-order valence-electron chi connectivity index (χ2n) is 4.45. The van der Waals surface area contributed by atoms with Crippen LogP contribution in [0.25, 0.3) is 0 Å². The number of hydrogen-bond donors (Lipinski definition) is 1. The van der Waals surface area contributed by atoms with Crippen molar-refractivity contribution in [2.75, 3.05) is 0 Å². The second kappa shape index (κ2) is 6.53. The van der Waals surface area contributed by atoms with Crippen molar-refractivity contribution in [3.8, 4) is 0 Å². The standard InChI is InChI=1S/C14H15BrN2O3S/c1-3-17-11(13(15)9(2)16-17)8-21(20)12-7-5-4-6-10(12)14(18)19/h4-7H,3,8H2,1-2H3,(H,18,19). The molecule has 1 aromatic heterocycles. The summed E-state index contributed by atoms with van der Waals surface area (Å²) >= 11 is 3.46. The Bertz CT molecular complexity index is 712. The van der Waals surface area contributed by atoms with Crippen LogP contribution in [0.5, 0.6) is 0 Å². The molecule has 1 atom stereocenters. The van der Waals surface area contributed by atoms with E-state index in [1.54, 1.807) is 22.9 Å². The molecule has 2 aromatic rings. The second-order valence-corrected chi connectivity index (χ2v) is 6.67. The highest BCUT2D eigenvalue weighted by atomic mass is 79.9. The molecule has 1 heterocycles. The third kappa shape index (κ3) is 3.24. The lowest BCUT2D eigenvalue weighted by atomic mass is 10.2. The fraction of sp³-hybridized carbons (Fsp3) is 0.286. The number of rotatable bonds is 5. The number of benzene rings is 1. The van der Waals surface area contributed by atoms with Crippen LogP contribution in [0, 0.1) is 6.92 Å². The zero-order valence-electron chi connectivity index (χ0n) is 11.7. The Hall–Kier alpha value is -1.47. The van der Waals surface area contributed by atoms with Gasteiger partial charge in [0.2, 0.25) is 0 Å². The molecule has 0 radical (unpaired) electrons. The van der Waals surface area contributed by atoms with Crippen LogP contribution in [0.4, 0.5) is 0 Å². The molecular weight excluding hydrogens is 356 g/mol. The highest BCUT2D eigenvalue weighted by molar-refractivity contribution is 9.10. The van der Waals surface area contributed by atoms with Gasteiger partial charge in [-0.1, -0.05) is 12.1 Å². The lowest BCUT2D eigenvalue weighted by Gasteiger charge is -2.08. The van der Waals surface area contributed by atoms with Crippen LogP contribution >= 0.6 is 15.9 Å². The molecule has 0 aliphatic heterocycles. The predicted octanol–water partition coefficient (Wildman–Crippen LogP) is 2.98. The van der Waals surface area contributed by atoms with Crippen LogP contribution in [0.3, 0.4) is 0 Å². The Kier molecular flexibility index (Phi) is 4.95. The van der Waals surface area contributed by atoms with Gasteiger partial charge >= 0.3 is 5.97 Å². The van der Waals surface area contributed by atoms with Crippen molar-refractivity contribution in [2.24, 2.45) is 0 Å². The minimum Gasteiger partial charge on any atom is -0.478 e. The van der Waals surface area contributed by atoms with Crippen molar-refractivity contribution >= 4 is 32.7 Å². The molecule has 0 aliphatic rings. The van der Waals surface area contributed by atoms with Crippen LogP contribution < -0.4 is 0 Å². The molecule has 5 nitrogen and oxygen atoms in total. The molecule has 1 aromatic carbocycles. The largest absolute Gasteiger partial charge is 0.478 e. The van der Waals surface area contributed by atoms with Crippen LogP contribution in [0.15, 0.2) is 33.6 Å². The maximum absolute atomic E-state index is 12.6. The van der Waals surface area contributed by atoms with Crippen molar-refractivity contribution in [3.63, 3.8) is 0 Å². The first-order chi connectivity index (χ1) is 9.95. The van der Waals surface area contributed by atoms with Crippen molar-refractivity contribution in [1.29, 1.82) is 0 Å². The van der Waals surface area contributed by atoms with Gasteiger partial charge in [0, 0.05) is 6.54 Å². The summed E-state index contributed by atoms with van der Waals surface area (Å²) in [6, 6.07) is 6.37. The number of carboxylic acids is 1. The van der Waals surface area contributed by atoms with E-state index in [-0.39, 0.29) is 11.3 Å². The van der Waals surface area contributed by atoms with E-state index in [0.717, 1.165) is 15.9 Å². The Morgan fingerprint density at radius 3 is 2.71 bits per heavy atom. The summed E-state index contributed by atoms with van der Waals surface area (Å²) in [6.07, 6.45) is 0. The van der Waals surface area contributed by atoms with Gasteiger partial charge in [-0.25, -0.2) is 4.79 Å². The lowest BCUT2D eigenvalue weighted by Crippen LogP contribution is -2.09. The third-order valence-electron chi connectivity index (χ3n) is 3.08. The fourth-order valence-corrected chi connectivity index (χ4v) is 3.99. The Labute approximate surface area is 133 Å². The van der Waals surface area contributed by atoms with E-state index >= 15 is 0 Å². The molecule has 21 heavy (non-hydrogen) atoms. The van der Waals surface area contributed by atoms with Gasteiger partial charge in [-0.05, 0) is 41.9 Å². The number of nitrogens with zero attached hydrogens (tertiary/aromatic N) is 2. The van der Waals surface area contributed by atoms with Crippen LogP contribution in [-0.4, -0.2) is 25.1 Å². The first kappa shape index (κ1) is 15.9. The predicted molar refractivity (Wildman–Crippen MR) is 83.9 cm³/mol. The molecule has 0 saturated heterocycles. The number of aromatic nitrogens is 2. The van der Waals surface area contributed by atoms with E-state index in [4.69, 9.17) is 0 Å². The number of aryl methyl sites for hydroxylation is 2. The fourth-order valence-electron chi connectivity index (χ4n) is 2.05. The van der Waals surface area contributed by atoms with Gasteiger partial charge in [-0.2, -0.15) is 5.10 Å². The molecule has 0 aliphatic carbocycles. The van der Waals surface area contributed by atoms with Crippen LogP contribution in [0.2, 0.25) is 0 Å². The molecule has 0 saturated carbocycles. The molecular formula is C14H15BrN2O3S. The summed E-state index contributed by atoms with van der Waals surface area (Å²) in [5.74, 6) is -0.849. The summed E-state index contributed by atoms with van der Waals surface area (Å²) in [5.41, 5.74) is 1.72. The highest BCUT2D eigenvalue weighted by Gasteiger charge is 2.19. The molecule has 1 unspecified atom stereocenters. The van der Waals surface area contributed by atoms with Gasteiger partial charge in [0.25, 0.3) is 0 Å². The van der Waals surface area contributed by atoms with Crippen molar-refractivity contribution in [3.05, 3.63) is 45.7 Å². The molecule has 1 N–H and O–H groups in total. The molecule has 0 fully saturated rings. The van der Waals surface area contributed by atoms with Crippen LogP contribution in [-0.2, 0) is 23.1 Å². The maximum atomic E-state index is 12.6. The average Bonchev–Trinajstić information content (AvgIpc) is 2.74. The van der Waals surface area contributed by atoms with Gasteiger partial charge in [-0.15, -0.1) is 0 Å². The third-order valence-corrected chi connectivity index (χ3v) is 5.50. The van der Waals surface area contributed by atoms with E-state index in [9.17, 15) is 14.1 Å². The first-order valence-corrected chi connectivity index (χ1v) is 8.49. The zero-order chi connectivity index (χ0) is 15.6. The zero-order valence-corrected chi connectivity index (χ0v) is 14.1. The van der Waals surface area contributed by atoms with E-state index in [1.807, 2.05) is 13.8 Å². The summed E-state index contributed by atoms with van der Waals surface area (Å²) in [7, 11) is -1.45. The van der Waals surface area contributed by atoms with Crippen molar-refractivity contribution in [2.45, 2.75) is 31.0 Å². The smallest absolute Gasteiger partial charge is 0.336 e. The monoisotopic (exact) mass is 370 g/mol. The Balaban J connectivity index is 2.37. The van der Waals surface area contributed by atoms with E-state index < -0.39 is 16.8 Å². The number of carbonyl (C=O) groups is 1. The van der Waals surface area contributed by atoms with Gasteiger partial charge in [0.1, 0.15) is 0 Å². The Morgan fingerprint density at radius 2 is 2.10 bits per heavy atom. The quantitative estimate of drug-likeness (QED) is 0.877. The molecule has 112 valence electrons. The Morgan fingerprint density at radius 1 is 1.43 bits per heavy atom. The number of hydrogen-bond acceptors (Lipinski definition) is 3. The minimum absolute atomic E-state index is 0.0752. The topological polar surface area (TPSA) is 72.2 Å². The normalized spacial score (nSPS) is 12.3. The van der Waals surface area contributed by atoms with Crippen molar-refractivity contribution in [1.82, 2.24) is 9.78 Å². The highest BCUT2D eigenvalue weighted by Crippen LogP contribution is 2.25. The first-order valence-electron chi connectivity index (χ1n) is 6.38. The molecule has 0 spiro atoms. The van der Waals surface area contributed by atoms with E-state index in [1.165, 1.54) is 6.07 Å². The SMILES string of the molecule is CCn1nc(C)c(Br)c1CS(=O)c1ccccc1C(=O)O. The summed E-state index contributed by atoms with van der Waals surface area (Å²) in [4.78, 5) is 11.5. The van der Waals surface area contributed by atoms with Gasteiger partial charge < -0.3 is 5.11 Å². The number of halogens is 1. The molecule has 7 heteroatoms. The van der Waals surface area contributed by atoms with Crippen molar-refractivity contribution < 1.29 is 14.1 Å². The van der Waals surface area contributed by atoms with E-state index in [2.05, 4.69) is 21.0 Å². The minimum atomic E-state index is -1.45. The maximum Gasteiger partial charge on any atom is 0.336 e. The number of carboxylic acid groups (broad SMARTS) is 1. The summed E-state index contributed by atoms with van der Waals surface area (Å²) < 4.78 is 15.2. The number of aromatic carboxylic acids is 1. The lowest BCUT2D eigenvalue weighted by molar-refractivity contribution is 0.0693. The molecule has 0 amide bonds. The molecule has 0 bridgehead atoms. The molecule has 2 rings (SSSR count). The summed E-state index contributed by atoms with van der Waals surface area (Å²) in [5, 5.41) is 13.5. The van der Waals surface area contributed by atoms with Gasteiger partial charge in [0.15, 0.2) is 0 Å².